The first-order valence-electron chi connectivity index (χ1n) is 6.62. The van der Waals surface area contributed by atoms with Crippen molar-refractivity contribution in [2.75, 3.05) is 13.1 Å². The second kappa shape index (κ2) is 7.17. The molecule has 0 saturated carbocycles. The highest BCUT2D eigenvalue weighted by atomic mass is 16.4. The molecule has 0 radical (unpaired) electrons. The van der Waals surface area contributed by atoms with Crippen LogP contribution in [0.25, 0.3) is 0 Å². The molecule has 0 amide bonds. The number of carboxylic acids is 1. The van der Waals surface area contributed by atoms with Crippen molar-refractivity contribution in [3.05, 3.63) is 35.4 Å². The summed E-state index contributed by atoms with van der Waals surface area (Å²) in [6, 6.07) is 7.92. The molecule has 0 aliphatic rings. The van der Waals surface area contributed by atoms with E-state index in [4.69, 9.17) is 5.11 Å². The van der Waals surface area contributed by atoms with Gasteiger partial charge in [0, 0.05) is 6.54 Å². The first-order chi connectivity index (χ1) is 8.58. The van der Waals surface area contributed by atoms with E-state index >= 15 is 0 Å². The molecule has 0 bridgehead atoms. The number of carbonyl (C=O) groups is 1. The van der Waals surface area contributed by atoms with Crippen molar-refractivity contribution in [3.8, 4) is 0 Å². The van der Waals surface area contributed by atoms with Crippen LogP contribution in [0.2, 0.25) is 0 Å². The third-order valence-corrected chi connectivity index (χ3v) is 3.24. The maximum absolute atomic E-state index is 10.9. The number of hydrogen-bond acceptors (Lipinski definition) is 2. The quantitative estimate of drug-likeness (QED) is 0.807. The van der Waals surface area contributed by atoms with Crippen LogP contribution in [0.4, 0.5) is 0 Å². The van der Waals surface area contributed by atoms with Gasteiger partial charge < -0.3 is 5.11 Å². The Morgan fingerprint density at radius 1 is 1.28 bits per heavy atom. The van der Waals surface area contributed by atoms with Crippen LogP contribution in [0.3, 0.4) is 0 Å². The van der Waals surface area contributed by atoms with Crippen LogP contribution in [0, 0.1) is 0 Å². The lowest BCUT2D eigenvalue weighted by atomic mass is 10.00. The fourth-order valence-corrected chi connectivity index (χ4v) is 1.98. The van der Waals surface area contributed by atoms with Gasteiger partial charge in [0.2, 0.25) is 0 Å². The maximum atomic E-state index is 10.9. The fourth-order valence-electron chi connectivity index (χ4n) is 1.98. The molecule has 0 heterocycles. The van der Waals surface area contributed by atoms with Crippen LogP contribution in [0.1, 0.15) is 44.2 Å². The molecule has 0 fully saturated rings. The van der Waals surface area contributed by atoms with Crippen molar-refractivity contribution in [1.29, 1.82) is 0 Å². The molecule has 1 atom stereocenters. The van der Waals surface area contributed by atoms with Gasteiger partial charge in [-0.15, -0.1) is 0 Å². The van der Waals surface area contributed by atoms with Gasteiger partial charge in [-0.2, -0.15) is 0 Å². The van der Waals surface area contributed by atoms with Crippen LogP contribution >= 0.6 is 0 Å². The second-order valence-electron chi connectivity index (χ2n) is 4.67. The average molecular weight is 249 g/mol. The van der Waals surface area contributed by atoms with Gasteiger partial charge in [-0.05, 0) is 37.6 Å². The Balaban J connectivity index is 2.67. The topological polar surface area (TPSA) is 40.5 Å². The minimum atomic E-state index is -0.774. The highest BCUT2D eigenvalue weighted by Crippen LogP contribution is 2.16. The molecule has 0 saturated heterocycles. The summed E-state index contributed by atoms with van der Waals surface area (Å²) in [6.45, 7) is 9.14. The molecule has 18 heavy (non-hydrogen) atoms. The molecule has 1 aromatic carbocycles. The van der Waals surface area contributed by atoms with Gasteiger partial charge in [0.05, 0.1) is 5.92 Å². The average Bonchev–Trinajstić information content (AvgIpc) is 2.38. The van der Waals surface area contributed by atoms with Gasteiger partial charge in [0.25, 0.3) is 0 Å². The molecule has 3 nitrogen and oxygen atoms in total. The molecule has 0 aromatic heterocycles. The van der Waals surface area contributed by atoms with E-state index in [9.17, 15) is 4.79 Å². The highest BCUT2D eigenvalue weighted by molar-refractivity contribution is 5.75. The lowest BCUT2D eigenvalue weighted by Gasteiger charge is -2.19. The fraction of sp³-hybridized carbons (Fsp3) is 0.533. The third kappa shape index (κ3) is 4.15. The minimum Gasteiger partial charge on any atom is -0.481 e. The number of hydrogen-bond donors (Lipinski definition) is 1. The molecule has 3 heteroatoms. The Kier molecular flexibility index (Phi) is 5.86. The lowest BCUT2D eigenvalue weighted by molar-refractivity contribution is -0.138. The summed E-state index contributed by atoms with van der Waals surface area (Å²) in [4.78, 5) is 13.3. The summed E-state index contributed by atoms with van der Waals surface area (Å²) in [7, 11) is 0. The molecule has 0 spiro atoms. The summed E-state index contributed by atoms with van der Waals surface area (Å²) < 4.78 is 0. The van der Waals surface area contributed by atoms with E-state index in [-0.39, 0.29) is 0 Å². The van der Waals surface area contributed by atoms with Gasteiger partial charge in [-0.1, -0.05) is 38.1 Å². The van der Waals surface area contributed by atoms with Crippen LogP contribution < -0.4 is 0 Å². The van der Waals surface area contributed by atoms with Crippen molar-refractivity contribution in [1.82, 2.24) is 4.90 Å². The van der Waals surface area contributed by atoms with Gasteiger partial charge in [-0.25, -0.2) is 0 Å². The van der Waals surface area contributed by atoms with Crippen LogP contribution in [-0.4, -0.2) is 29.1 Å². The lowest BCUT2D eigenvalue weighted by Crippen LogP contribution is -2.23. The molecular weight excluding hydrogens is 226 g/mol. The predicted molar refractivity (Wildman–Crippen MR) is 73.7 cm³/mol. The standard InChI is InChI=1S/C15H23NO2/c1-4-10-16(5-2)11-13-6-8-14(9-7-13)12(3)15(17)18/h6-9,12H,4-5,10-11H2,1-3H3,(H,17,18). The zero-order valence-corrected chi connectivity index (χ0v) is 11.5. The Hall–Kier alpha value is -1.35. The Morgan fingerprint density at radius 2 is 1.89 bits per heavy atom. The minimum absolute atomic E-state index is 0.433. The normalized spacial score (nSPS) is 12.7. The number of nitrogens with zero attached hydrogens (tertiary/aromatic N) is 1. The summed E-state index contributed by atoms with van der Waals surface area (Å²) in [6.07, 6.45) is 1.15. The number of benzene rings is 1. The van der Waals surface area contributed by atoms with E-state index in [1.807, 2.05) is 24.3 Å². The molecular formula is C15H23NO2. The molecule has 100 valence electrons. The van der Waals surface area contributed by atoms with Gasteiger partial charge in [-0.3, -0.25) is 9.69 Å². The van der Waals surface area contributed by atoms with Crippen molar-refractivity contribution in [3.63, 3.8) is 0 Å². The van der Waals surface area contributed by atoms with Crippen molar-refractivity contribution in [2.24, 2.45) is 0 Å². The van der Waals surface area contributed by atoms with Crippen molar-refractivity contribution < 1.29 is 9.90 Å². The molecule has 1 N–H and O–H groups in total. The Labute approximate surface area is 109 Å². The summed E-state index contributed by atoms with van der Waals surface area (Å²) in [5.41, 5.74) is 2.11. The SMILES string of the molecule is CCCN(CC)Cc1ccc(C(C)C(=O)O)cc1. The Morgan fingerprint density at radius 3 is 2.33 bits per heavy atom. The van der Waals surface area contributed by atoms with Crippen molar-refractivity contribution in [2.45, 2.75) is 39.7 Å². The molecule has 0 aliphatic carbocycles. The molecule has 1 aromatic rings. The van der Waals surface area contributed by atoms with E-state index in [2.05, 4.69) is 18.7 Å². The van der Waals surface area contributed by atoms with Gasteiger partial charge >= 0.3 is 5.97 Å². The van der Waals surface area contributed by atoms with E-state index in [0.29, 0.717) is 0 Å². The maximum Gasteiger partial charge on any atom is 0.310 e. The first kappa shape index (κ1) is 14.7. The summed E-state index contributed by atoms with van der Waals surface area (Å²) in [5, 5.41) is 8.95. The zero-order valence-electron chi connectivity index (χ0n) is 11.5. The van der Waals surface area contributed by atoms with E-state index in [1.54, 1.807) is 6.92 Å². The smallest absolute Gasteiger partial charge is 0.310 e. The summed E-state index contributed by atoms with van der Waals surface area (Å²) >= 11 is 0. The first-order valence-corrected chi connectivity index (χ1v) is 6.62. The predicted octanol–water partition coefficient (Wildman–Crippen LogP) is 3.11. The number of carboxylic acid groups (broad SMARTS) is 1. The Bertz CT molecular complexity index is 373. The molecule has 1 unspecified atom stereocenters. The highest BCUT2D eigenvalue weighted by Gasteiger charge is 2.13. The van der Waals surface area contributed by atoms with E-state index < -0.39 is 11.9 Å². The van der Waals surface area contributed by atoms with Crippen LogP contribution in [-0.2, 0) is 11.3 Å². The monoisotopic (exact) mass is 249 g/mol. The van der Waals surface area contributed by atoms with E-state index in [0.717, 1.165) is 31.6 Å². The summed E-state index contributed by atoms with van der Waals surface area (Å²) in [5.74, 6) is -1.21. The third-order valence-electron chi connectivity index (χ3n) is 3.24. The van der Waals surface area contributed by atoms with Crippen LogP contribution in [0.5, 0.6) is 0 Å². The number of rotatable bonds is 7. The van der Waals surface area contributed by atoms with Crippen LogP contribution in [0.15, 0.2) is 24.3 Å². The second-order valence-corrected chi connectivity index (χ2v) is 4.67. The van der Waals surface area contributed by atoms with E-state index in [1.165, 1.54) is 5.56 Å². The molecule has 0 aliphatic heterocycles. The number of aliphatic carboxylic acids is 1. The van der Waals surface area contributed by atoms with Gasteiger partial charge in [0.1, 0.15) is 0 Å². The van der Waals surface area contributed by atoms with Crippen molar-refractivity contribution >= 4 is 5.97 Å². The zero-order chi connectivity index (χ0) is 13.5. The van der Waals surface area contributed by atoms with Gasteiger partial charge in [0.15, 0.2) is 0 Å². The molecule has 1 rings (SSSR count). The largest absolute Gasteiger partial charge is 0.481 e.